The summed E-state index contributed by atoms with van der Waals surface area (Å²) in [4.78, 5) is 14.8. The lowest BCUT2D eigenvalue weighted by molar-refractivity contribution is 0.0763. The van der Waals surface area contributed by atoms with Gasteiger partial charge in [-0.25, -0.2) is 0 Å². The van der Waals surface area contributed by atoms with Crippen molar-refractivity contribution in [2.45, 2.75) is 13.0 Å². The minimum atomic E-state index is 0.0981. The Kier molecular flexibility index (Phi) is 5.27. The third kappa shape index (κ3) is 4.11. The molecular formula is C19H22N2O2. The van der Waals surface area contributed by atoms with Gasteiger partial charge in [-0.3, -0.25) is 4.79 Å². The molecule has 1 aliphatic rings. The van der Waals surface area contributed by atoms with Gasteiger partial charge in [-0.1, -0.05) is 36.4 Å². The second-order valence-electron chi connectivity index (χ2n) is 5.65. The van der Waals surface area contributed by atoms with Crippen molar-refractivity contribution in [2.24, 2.45) is 0 Å². The largest absolute Gasteiger partial charge is 0.489 e. The number of hydrogen-bond donors (Lipinski definition) is 1. The van der Waals surface area contributed by atoms with Gasteiger partial charge >= 0.3 is 0 Å². The molecule has 2 aromatic rings. The standard InChI is InChI=1S/C19H22N2O2/c22-19(21-13-6-11-20-12-14-21)18-10-5-4-7-16(18)15-23-17-8-2-1-3-9-17/h1-5,7-10,20H,6,11-15H2. The van der Waals surface area contributed by atoms with Crippen LogP contribution in [-0.4, -0.2) is 37.0 Å². The summed E-state index contributed by atoms with van der Waals surface area (Å²) in [6, 6.07) is 17.4. The highest BCUT2D eigenvalue weighted by molar-refractivity contribution is 5.95. The van der Waals surface area contributed by atoms with Crippen molar-refractivity contribution < 1.29 is 9.53 Å². The summed E-state index contributed by atoms with van der Waals surface area (Å²) < 4.78 is 5.81. The van der Waals surface area contributed by atoms with Gasteiger partial charge in [0.05, 0.1) is 0 Å². The Labute approximate surface area is 137 Å². The van der Waals surface area contributed by atoms with Crippen LogP contribution in [0.1, 0.15) is 22.3 Å². The SMILES string of the molecule is O=C(c1ccccc1COc1ccccc1)N1CCCNCC1. The zero-order valence-electron chi connectivity index (χ0n) is 13.2. The Morgan fingerprint density at radius 2 is 1.78 bits per heavy atom. The number of benzene rings is 2. The lowest BCUT2D eigenvalue weighted by Gasteiger charge is -2.21. The van der Waals surface area contributed by atoms with Crippen LogP contribution in [0, 0.1) is 0 Å². The number of carbonyl (C=O) groups is 1. The molecule has 0 saturated carbocycles. The smallest absolute Gasteiger partial charge is 0.254 e. The fourth-order valence-corrected chi connectivity index (χ4v) is 2.75. The molecule has 1 saturated heterocycles. The summed E-state index contributed by atoms with van der Waals surface area (Å²) in [5.41, 5.74) is 1.67. The molecule has 1 aliphatic heterocycles. The zero-order valence-corrected chi connectivity index (χ0v) is 13.2. The Hall–Kier alpha value is -2.33. The summed E-state index contributed by atoms with van der Waals surface area (Å²) in [6.45, 7) is 3.79. The number of hydrogen-bond acceptors (Lipinski definition) is 3. The van der Waals surface area contributed by atoms with Gasteiger partial charge in [0.15, 0.2) is 0 Å². The molecular weight excluding hydrogens is 288 g/mol. The second-order valence-corrected chi connectivity index (χ2v) is 5.65. The molecule has 0 radical (unpaired) electrons. The van der Waals surface area contributed by atoms with Crippen molar-refractivity contribution in [2.75, 3.05) is 26.2 Å². The van der Waals surface area contributed by atoms with Crippen molar-refractivity contribution >= 4 is 5.91 Å². The van der Waals surface area contributed by atoms with E-state index in [2.05, 4.69) is 5.32 Å². The quantitative estimate of drug-likeness (QED) is 0.944. The average molecular weight is 310 g/mol. The van der Waals surface area contributed by atoms with E-state index in [9.17, 15) is 4.79 Å². The van der Waals surface area contributed by atoms with E-state index in [1.54, 1.807) is 0 Å². The molecule has 0 bridgehead atoms. The number of amides is 1. The lowest BCUT2D eigenvalue weighted by atomic mass is 10.1. The van der Waals surface area contributed by atoms with Crippen LogP contribution in [0.25, 0.3) is 0 Å². The highest BCUT2D eigenvalue weighted by Crippen LogP contribution is 2.16. The molecule has 2 aromatic carbocycles. The average Bonchev–Trinajstić information content (AvgIpc) is 2.90. The van der Waals surface area contributed by atoms with Gasteiger partial charge in [-0.05, 0) is 31.2 Å². The number of para-hydroxylation sites is 1. The normalized spacial score (nSPS) is 15.0. The van der Waals surface area contributed by atoms with Gasteiger partial charge in [0, 0.05) is 30.8 Å². The molecule has 1 amide bonds. The molecule has 0 unspecified atom stereocenters. The van der Waals surface area contributed by atoms with Crippen molar-refractivity contribution in [3.63, 3.8) is 0 Å². The molecule has 23 heavy (non-hydrogen) atoms. The van der Waals surface area contributed by atoms with Crippen molar-refractivity contribution in [1.82, 2.24) is 10.2 Å². The third-order valence-corrected chi connectivity index (χ3v) is 4.01. The molecule has 0 atom stereocenters. The zero-order chi connectivity index (χ0) is 15.9. The van der Waals surface area contributed by atoms with E-state index in [0.29, 0.717) is 6.61 Å². The molecule has 1 fully saturated rings. The first-order chi connectivity index (χ1) is 11.3. The van der Waals surface area contributed by atoms with Crippen LogP contribution in [-0.2, 0) is 6.61 Å². The van der Waals surface area contributed by atoms with E-state index in [1.807, 2.05) is 59.5 Å². The predicted molar refractivity (Wildman–Crippen MR) is 90.6 cm³/mol. The van der Waals surface area contributed by atoms with Gasteiger partial charge in [-0.2, -0.15) is 0 Å². The predicted octanol–water partition coefficient (Wildman–Crippen LogP) is 2.70. The monoisotopic (exact) mass is 310 g/mol. The molecule has 1 N–H and O–H groups in total. The number of carbonyl (C=O) groups excluding carboxylic acids is 1. The highest BCUT2D eigenvalue weighted by atomic mass is 16.5. The van der Waals surface area contributed by atoms with E-state index in [-0.39, 0.29) is 5.91 Å². The van der Waals surface area contributed by atoms with Gasteiger partial charge in [-0.15, -0.1) is 0 Å². The van der Waals surface area contributed by atoms with Crippen LogP contribution >= 0.6 is 0 Å². The maximum Gasteiger partial charge on any atom is 0.254 e. The van der Waals surface area contributed by atoms with Crippen LogP contribution in [0.2, 0.25) is 0 Å². The minimum Gasteiger partial charge on any atom is -0.489 e. The second kappa shape index (κ2) is 7.79. The first-order valence-electron chi connectivity index (χ1n) is 8.10. The first-order valence-corrected chi connectivity index (χ1v) is 8.10. The Morgan fingerprint density at radius 1 is 1.00 bits per heavy atom. The summed E-state index contributed by atoms with van der Waals surface area (Å²) in [5, 5.41) is 3.33. The third-order valence-electron chi connectivity index (χ3n) is 4.01. The van der Waals surface area contributed by atoms with Gasteiger partial charge in [0.2, 0.25) is 0 Å². The fraction of sp³-hybridized carbons (Fsp3) is 0.316. The van der Waals surface area contributed by atoms with Gasteiger partial charge < -0.3 is 15.0 Å². The molecule has 0 aromatic heterocycles. The Morgan fingerprint density at radius 3 is 2.65 bits per heavy atom. The number of nitrogens with one attached hydrogen (secondary N) is 1. The topological polar surface area (TPSA) is 41.6 Å². The maximum atomic E-state index is 12.8. The summed E-state index contributed by atoms with van der Waals surface area (Å²) in [5.74, 6) is 0.912. The van der Waals surface area contributed by atoms with Crippen LogP contribution in [0.15, 0.2) is 54.6 Å². The van der Waals surface area contributed by atoms with Crippen LogP contribution in [0.5, 0.6) is 5.75 Å². The minimum absolute atomic E-state index is 0.0981. The molecule has 0 aliphatic carbocycles. The molecule has 4 heteroatoms. The van der Waals surface area contributed by atoms with Gasteiger partial charge in [0.1, 0.15) is 12.4 Å². The van der Waals surface area contributed by atoms with E-state index < -0.39 is 0 Å². The summed E-state index contributed by atoms with van der Waals surface area (Å²) >= 11 is 0. The number of nitrogens with zero attached hydrogens (tertiary/aromatic N) is 1. The Balaban J connectivity index is 1.73. The Bertz CT molecular complexity index is 635. The molecule has 4 nitrogen and oxygen atoms in total. The fourth-order valence-electron chi connectivity index (χ4n) is 2.75. The number of ether oxygens (including phenoxy) is 1. The highest BCUT2D eigenvalue weighted by Gasteiger charge is 2.19. The van der Waals surface area contributed by atoms with Gasteiger partial charge in [0.25, 0.3) is 5.91 Å². The molecule has 120 valence electrons. The summed E-state index contributed by atoms with van der Waals surface area (Å²) in [7, 11) is 0. The molecule has 0 spiro atoms. The molecule has 3 rings (SSSR count). The maximum absolute atomic E-state index is 12.8. The van der Waals surface area contributed by atoms with E-state index in [1.165, 1.54) is 0 Å². The van der Waals surface area contributed by atoms with Crippen LogP contribution < -0.4 is 10.1 Å². The van der Waals surface area contributed by atoms with Crippen molar-refractivity contribution in [3.05, 3.63) is 65.7 Å². The van der Waals surface area contributed by atoms with Crippen molar-refractivity contribution in [1.29, 1.82) is 0 Å². The van der Waals surface area contributed by atoms with E-state index in [4.69, 9.17) is 4.74 Å². The number of rotatable bonds is 4. The van der Waals surface area contributed by atoms with Crippen molar-refractivity contribution in [3.8, 4) is 5.75 Å². The van der Waals surface area contributed by atoms with Crippen LogP contribution in [0.3, 0.4) is 0 Å². The summed E-state index contributed by atoms with van der Waals surface area (Å²) in [6.07, 6.45) is 0.994. The van der Waals surface area contributed by atoms with E-state index in [0.717, 1.165) is 49.5 Å². The molecule has 1 heterocycles. The lowest BCUT2D eigenvalue weighted by Crippen LogP contribution is -2.34. The van der Waals surface area contributed by atoms with Crippen LogP contribution in [0.4, 0.5) is 0 Å². The van der Waals surface area contributed by atoms with E-state index >= 15 is 0 Å². The first kappa shape index (κ1) is 15.6.